The molecule has 2 rings (SSSR count). The number of morpholine rings is 1. The molecule has 3 nitrogen and oxygen atoms in total. The monoisotopic (exact) mass is 199 g/mol. The topological polar surface area (TPSA) is 30.5 Å². The Labute approximate surface area is 86.2 Å². The Kier molecular flexibility index (Phi) is 2.58. The van der Waals surface area contributed by atoms with Crippen LogP contribution in [0.5, 0.6) is 0 Å². The fourth-order valence-corrected chi connectivity index (χ4v) is 2.73. The molecule has 2 heterocycles. The highest BCUT2D eigenvalue weighted by molar-refractivity contribution is 5.03. The van der Waals surface area contributed by atoms with Crippen molar-refractivity contribution in [3.63, 3.8) is 0 Å². The highest BCUT2D eigenvalue weighted by atomic mass is 16.6. The van der Waals surface area contributed by atoms with Gasteiger partial charge in [-0.1, -0.05) is 20.8 Å². The van der Waals surface area contributed by atoms with Gasteiger partial charge in [0, 0.05) is 25.6 Å². The summed E-state index contributed by atoms with van der Waals surface area (Å²) in [5, 5.41) is 3.59. The van der Waals surface area contributed by atoms with Gasteiger partial charge in [0.05, 0.1) is 13.2 Å². The summed E-state index contributed by atoms with van der Waals surface area (Å²) in [5.74, 6) is 0. The van der Waals surface area contributed by atoms with Crippen molar-refractivity contribution < 1.29 is 9.47 Å². The summed E-state index contributed by atoms with van der Waals surface area (Å²) >= 11 is 0. The zero-order valence-corrected chi connectivity index (χ0v) is 9.43. The van der Waals surface area contributed by atoms with Gasteiger partial charge in [-0.3, -0.25) is 0 Å². The Bertz CT molecular complexity index is 204. The highest BCUT2D eigenvalue weighted by Gasteiger charge is 2.49. The molecule has 3 heteroatoms. The maximum absolute atomic E-state index is 5.98. The Balaban J connectivity index is 2.19. The summed E-state index contributed by atoms with van der Waals surface area (Å²) in [5.41, 5.74) is 0.171. The van der Waals surface area contributed by atoms with Crippen LogP contribution < -0.4 is 5.32 Å². The first-order chi connectivity index (χ1) is 6.55. The average molecular weight is 199 g/mol. The van der Waals surface area contributed by atoms with Crippen molar-refractivity contribution in [2.24, 2.45) is 5.41 Å². The molecular weight excluding hydrogens is 178 g/mol. The summed E-state index contributed by atoms with van der Waals surface area (Å²) in [6, 6.07) is 0.409. The van der Waals surface area contributed by atoms with E-state index in [1.54, 1.807) is 0 Å². The summed E-state index contributed by atoms with van der Waals surface area (Å²) in [4.78, 5) is 0. The third-order valence-electron chi connectivity index (χ3n) is 3.25. The molecule has 2 saturated heterocycles. The van der Waals surface area contributed by atoms with Crippen molar-refractivity contribution in [3.05, 3.63) is 0 Å². The Morgan fingerprint density at radius 1 is 1.29 bits per heavy atom. The molecule has 0 bridgehead atoms. The van der Waals surface area contributed by atoms with Gasteiger partial charge in [-0.15, -0.1) is 0 Å². The van der Waals surface area contributed by atoms with Crippen LogP contribution in [0.3, 0.4) is 0 Å². The van der Waals surface area contributed by atoms with E-state index in [2.05, 4.69) is 26.1 Å². The second kappa shape index (κ2) is 3.47. The molecule has 0 amide bonds. The van der Waals surface area contributed by atoms with E-state index in [-0.39, 0.29) is 11.0 Å². The number of rotatable bonds is 0. The first kappa shape index (κ1) is 10.4. The third kappa shape index (κ3) is 1.69. The maximum Gasteiger partial charge on any atom is 0.109 e. The van der Waals surface area contributed by atoms with E-state index >= 15 is 0 Å². The quantitative estimate of drug-likeness (QED) is 0.635. The zero-order chi connectivity index (χ0) is 10.2. The molecule has 2 aliphatic heterocycles. The molecule has 2 aliphatic rings. The third-order valence-corrected chi connectivity index (χ3v) is 3.25. The normalized spacial score (nSPS) is 39.2. The Morgan fingerprint density at radius 3 is 2.64 bits per heavy atom. The lowest BCUT2D eigenvalue weighted by Crippen LogP contribution is -2.63. The number of hydrogen-bond donors (Lipinski definition) is 1. The van der Waals surface area contributed by atoms with Crippen LogP contribution in [0.4, 0.5) is 0 Å². The zero-order valence-electron chi connectivity index (χ0n) is 9.43. The van der Waals surface area contributed by atoms with Gasteiger partial charge in [-0.25, -0.2) is 0 Å². The highest BCUT2D eigenvalue weighted by Crippen LogP contribution is 2.37. The van der Waals surface area contributed by atoms with E-state index in [1.165, 1.54) is 0 Å². The maximum atomic E-state index is 5.98. The van der Waals surface area contributed by atoms with E-state index < -0.39 is 0 Å². The van der Waals surface area contributed by atoms with Crippen molar-refractivity contribution in [2.75, 3.05) is 26.4 Å². The van der Waals surface area contributed by atoms with Gasteiger partial charge >= 0.3 is 0 Å². The molecule has 0 radical (unpaired) electrons. The molecule has 1 spiro atoms. The van der Waals surface area contributed by atoms with E-state index in [9.17, 15) is 0 Å². The van der Waals surface area contributed by atoms with Crippen LogP contribution in [0.15, 0.2) is 0 Å². The number of hydrogen-bond acceptors (Lipinski definition) is 3. The second-order valence-electron chi connectivity index (χ2n) is 5.47. The molecule has 2 fully saturated rings. The average Bonchev–Trinajstić information content (AvgIpc) is 2.52. The molecule has 0 saturated carbocycles. The molecule has 0 aliphatic carbocycles. The van der Waals surface area contributed by atoms with Crippen molar-refractivity contribution in [1.29, 1.82) is 0 Å². The summed E-state index contributed by atoms with van der Waals surface area (Å²) in [6.45, 7) is 10.2. The minimum atomic E-state index is -0.0590. The predicted octanol–water partition coefficient (Wildman–Crippen LogP) is 1.18. The first-order valence-corrected chi connectivity index (χ1v) is 5.50. The lowest BCUT2D eigenvalue weighted by Gasteiger charge is -2.47. The molecule has 0 aromatic rings. The lowest BCUT2D eigenvalue weighted by molar-refractivity contribution is -0.121. The molecule has 0 aromatic heterocycles. The lowest BCUT2D eigenvalue weighted by atomic mass is 9.75. The largest absolute Gasteiger partial charge is 0.378 e. The Morgan fingerprint density at radius 2 is 2.07 bits per heavy atom. The number of nitrogens with one attached hydrogen (secondary N) is 1. The summed E-state index contributed by atoms with van der Waals surface area (Å²) < 4.78 is 11.5. The molecule has 1 N–H and O–H groups in total. The molecule has 14 heavy (non-hydrogen) atoms. The second-order valence-corrected chi connectivity index (χ2v) is 5.47. The van der Waals surface area contributed by atoms with Gasteiger partial charge in [0.2, 0.25) is 0 Å². The van der Waals surface area contributed by atoms with Crippen LogP contribution in [0.1, 0.15) is 27.2 Å². The van der Waals surface area contributed by atoms with Crippen LogP contribution in [0.2, 0.25) is 0 Å². The van der Waals surface area contributed by atoms with Crippen LogP contribution in [0.25, 0.3) is 0 Å². The van der Waals surface area contributed by atoms with E-state index in [1.807, 2.05) is 0 Å². The fourth-order valence-electron chi connectivity index (χ4n) is 2.73. The minimum Gasteiger partial charge on any atom is -0.378 e. The Hall–Kier alpha value is -0.120. The molecule has 2 unspecified atom stereocenters. The van der Waals surface area contributed by atoms with Gasteiger partial charge in [-0.05, 0) is 5.41 Å². The minimum absolute atomic E-state index is 0.0590. The summed E-state index contributed by atoms with van der Waals surface area (Å²) in [7, 11) is 0. The van der Waals surface area contributed by atoms with Crippen molar-refractivity contribution in [2.45, 2.75) is 38.8 Å². The van der Waals surface area contributed by atoms with E-state index in [4.69, 9.17) is 9.47 Å². The van der Waals surface area contributed by atoms with Gasteiger partial charge in [-0.2, -0.15) is 0 Å². The molecule has 0 aromatic carbocycles. The molecule has 82 valence electrons. The fraction of sp³-hybridized carbons (Fsp3) is 1.00. The van der Waals surface area contributed by atoms with Gasteiger partial charge in [0.15, 0.2) is 0 Å². The SMILES string of the molecule is CC(C)(C)C1NCCOC12CCOC2. The molecular formula is C11H21NO2. The van der Waals surface area contributed by atoms with Crippen molar-refractivity contribution in [3.8, 4) is 0 Å². The van der Waals surface area contributed by atoms with Crippen LogP contribution in [-0.4, -0.2) is 38.0 Å². The van der Waals surface area contributed by atoms with Crippen LogP contribution in [0, 0.1) is 5.41 Å². The van der Waals surface area contributed by atoms with Crippen LogP contribution >= 0.6 is 0 Å². The van der Waals surface area contributed by atoms with Gasteiger partial charge < -0.3 is 14.8 Å². The standard InChI is InChI=1S/C11H21NO2/c1-10(2,3)9-11(4-6-13-8-11)14-7-5-12-9/h9,12H,4-8H2,1-3H3. The predicted molar refractivity (Wildman–Crippen MR) is 55.4 cm³/mol. The van der Waals surface area contributed by atoms with Crippen molar-refractivity contribution >= 4 is 0 Å². The van der Waals surface area contributed by atoms with E-state index in [0.717, 1.165) is 32.8 Å². The van der Waals surface area contributed by atoms with Crippen LogP contribution in [-0.2, 0) is 9.47 Å². The van der Waals surface area contributed by atoms with Gasteiger partial charge in [0.1, 0.15) is 5.60 Å². The van der Waals surface area contributed by atoms with E-state index in [0.29, 0.717) is 6.04 Å². The van der Waals surface area contributed by atoms with Crippen molar-refractivity contribution in [1.82, 2.24) is 5.32 Å². The van der Waals surface area contributed by atoms with Gasteiger partial charge in [0.25, 0.3) is 0 Å². The molecule has 2 atom stereocenters. The smallest absolute Gasteiger partial charge is 0.109 e. The first-order valence-electron chi connectivity index (χ1n) is 5.50. The summed E-state index contributed by atoms with van der Waals surface area (Å²) in [6.07, 6.45) is 1.03. The number of ether oxygens (including phenoxy) is 2.